The van der Waals surface area contributed by atoms with Crippen molar-refractivity contribution >= 4 is 17.3 Å². The highest BCUT2D eigenvalue weighted by Gasteiger charge is 2.36. The molecule has 0 fully saturated rings. The molecule has 0 aliphatic carbocycles. The molecule has 1 N–H and O–H groups in total. The molecular weight excluding hydrogens is 234 g/mol. The summed E-state index contributed by atoms with van der Waals surface area (Å²) in [6.45, 7) is 7.27. The van der Waals surface area contributed by atoms with E-state index in [9.17, 15) is 9.90 Å². The summed E-state index contributed by atoms with van der Waals surface area (Å²) in [5, 5.41) is 11.5. The molecule has 0 amide bonds. The maximum atomic E-state index is 11.5. The van der Waals surface area contributed by atoms with Crippen molar-refractivity contribution in [1.29, 1.82) is 0 Å². The van der Waals surface area contributed by atoms with Crippen molar-refractivity contribution in [3.8, 4) is 0 Å². The summed E-state index contributed by atoms with van der Waals surface area (Å²) in [5.74, 6) is -0.256. The maximum absolute atomic E-state index is 11.5. The van der Waals surface area contributed by atoms with Gasteiger partial charge in [0.1, 0.15) is 6.04 Å². The normalized spacial score (nSPS) is 22.5. The quantitative estimate of drug-likeness (QED) is 0.900. The highest BCUT2D eigenvalue weighted by Crippen LogP contribution is 2.35. The Morgan fingerprint density at radius 2 is 2.24 bits per heavy atom. The van der Waals surface area contributed by atoms with E-state index < -0.39 is 12.0 Å². The molecule has 94 valence electrons. The molecule has 1 aromatic rings. The molecular formula is C13H19NO2S. The van der Waals surface area contributed by atoms with Gasteiger partial charge in [0.15, 0.2) is 0 Å². The van der Waals surface area contributed by atoms with Crippen molar-refractivity contribution in [3.63, 3.8) is 0 Å². The fraction of sp³-hybridized carbons (Fsp3) is 0.615. The number of carboxylic acid groups (broad SMARTS) is 1. The van der Waals surface area contributed by atoms with Crippen LogP contribution in [0.5, 0.6) is 0 Å². The fourth-order valence-corrected chi connectivity index (χ4v) is 3.34. The van der Waals surface area contributed by atoms with E-state index in [2.05, 4.69) is 25.7 Å². The molecule has 1 aromatic heterocycles. The number of carbonyl (C=O) groups is 1. The van der Waals surface area contributed by atoms with Crippen molar-refractivity contribution in [2.45, 2.75) is 39.3 Å². The molecule has 1 aliphatic heterocycles. The van der Waals surface area contributed by atoms with Crippen molar-refractivity contribution in [3.05, 3.63) is 21.9 Å². The molecule has 4 heteroatoms. The van der Waals surface area contributed by atoms with Gasteiger partial charge < -0.3 is 5.11 Å². The van der Waals surface area contributed by atoms with Crippen LogP contribution in [0.3, 0.4) is 0 Å². The van der Waals surface area contributed by atoms with Crippen molar-refractivity contribution in [2.75, 3.05) is 6.54 Å². The van der Waals surface area contributed by atoms with Gasteiger partial charge >= 0.3 is 5.97 Å². The van der Waals surface area contributed by atoms with Gasteiger partial charge in [0.25, 0.3) is 0 Å². The van der Waals surface area contributed by atoms with Crippen LogP contribution < -0.4 is 0 Å². The first kappa shape index (κ1) is 12.6. The summed E-state index contributed by atoms with van der Waals surface area (Å²) in [7, 11) is 0. The van der Waals surface area contributed by atoms with Gasteiger partial charge in [-0.25, -0.2) is 0 Å². The van der Waals surface area contributed by atoms with Gasteiger partial charge in [-0.05, 0) is 36.3 Å². The van der Waals surface area contributed by atoms with E-state index in [1.807, 2.05) is 11.4 Å². The second-order valence-electron chi connectivity index (χ2n) is 5.01. The second-order valence-corrected chi connectivity index (χ2v) is 6.01. The molecule has 1 aliphatic rings. The third-order valence-electron chi connectivity index (χ3n) is 3.73. The Balaban J connectivity index is 2.34. The van der Waals surface area contributed by atoms with E-state index >= 15 is 0 Å². The van der Waals surface area contributed by atoms with Crippen LogP contribution in [-0.4, -0.2) is 28.6 Å². The van der Waals surface area contributed by atoms with Gasteiger partial charge in [-0.3, -0.25) is 9.69 Å². The number of thiophene rings is 1. The van der Waals surface area contributed by atoms with Crippen LogP contribution in [-0.2, 0) is 11.2 Å². The summed E-state index contributed by atoms with van der Waals surface area (Å²) in [5.41, 5.74) is 1.00. The van der Waals surface area contributed by atoms with E-state index in [4.69, 9.17) is 0 Å². The summed E-state index contributed by atoms with van der Waals surface area (Å²) < 4.78 is 0. The Labute approximate surface area is 106 Å². The third kappa shape index (κ3) is 2.24. The first-order chi connectivity index (χ1) is 8.02. The average molecular weight is 253 g/mol. The van der Waals surface area contributed by atoms with Gasteiger partial charge in [-0.15, -0.1) is 11.3 Å². The van der Waals surface area contributed by atoms with Gasteiger partial charge in [-0.1, -0.05) is 13.8 Å². The Morgan fingerprint density at radius 3 is 2.82 bits per heavy atom. The van der Waals surface area contributed by atoms with E-state index in [0.29, 0.717) is 12.0 Å². The molecule has 0 spiro atoms. The smallest absolute Gasteiger partial charge is 0.325 e. The number of rotatable bonds is 3. The fourth-order valence-electron chi connectivity index (χ4n) is 2.43. The molecule has 17 heavy (non-hydrogen) atoms. The van der Waals surface area contributed by atoms with Gasteiger partial charge in [0.2, 0.25) is 0 Å². The van der Waals surface area contributed by atoms with Crippen molar-refractivity contribution < 1.29 is 9.90 Å². The zero-order chi connectivity index (χ0) is 12.6. The zero-order valence-corrected chi connectivity index (χ0v) is 11.3. The molecule has 2 unspecified atom stereocenters. The SMILES string of the molecule is CC(C)C(C)N1CCc2sccc2C1C(=O)O. The number of nitrogens with zero attached hydrogens (tertiary/aromatic N) is 1. The third-order valence-corrected chi connectivity index (χ3v) is 4.72. The predicted molar refractivity (Wildman–Crippen MR) is 69.4 cm³/mol. The molecule has 2 atom stereocenters. The summed E-state index contributed by atoms with van der Waals surface area (Å²) in [6, 6.07) is 1.81. The molecule has 2 heterocycles. The lowest BCUT2D eigenvalue weighted by Crippen LogP contribution is -2.46. The largest absolute Gasteiger partial charge is 0.480 e. The lowest BCUT2D eigenvalue weighted by atomic mass is 9.94. The van der Waals surface area contributed by atoms with E-state index in [-0.39, 0.29) is 0 Å². The van der Waals surface area contributed by atoms with Crippen LogP contribution in [0.1, 0.15) is 37.3 Å². The summed E-state index contributed by atoms with van der Waals surface area (Å²) >= 11 is 1.68. The van der Waals surface area contributed by atoms with Crippen LogP contribution >= 0.6 is 11.3 Å². The number of hydrogen-bond donors (Lipinski definition) is 1. The molecule has 0 bridgehead atoms. The van der Waals surface area contributed by atoms with Gasteiger partial charge in [-0.2, -0.15) is 0 Å². The highest BCUT2D eigenvalue weighted by atomic mass is 32.1. The van der Waals surface area contributed by atoms with E-state index in [1.165, 1.54) is 4.88 Å². The van der Waals surface area contributed by atoms with Crippen LogP contribution in [0.25, 0.3) is 0 Å². The Hall–Kier alpha value is -0.870. The Kier molecular flexibility index (Phi) is 3.54. The van der Waals surface area contributed by atoms with Crippen LogP contribution in [0.4, 0.5) is 0 Å². The number of carboxylic acids is 1. The molecule has 0 radical (unpaired) electrons. The summed E-state index contributed by atoms with van der Waals surface area (Å²) in [4.78, 5) is 14.9. The average Bonchev–Trinajstić information content (AvgIpc) is 2.73. The van der Waals surface area contributed by atoms with E-state index in [1.54, 1.807) is 11.3 Å². The highest BCUT2D eigenvalue weighted by molar-refractivity contribution is 7.10. The minimum atomic E-state index is -0.725. The number of aliphatic carboxylic acids is 1. The predicted octanol–water partition coefficient (Wildman–Crippen LogP) is 2.78. The van der Waals surface area contributed by atoms with Crippen LogP contribution in [0.2, 0.25) is 0 Å². The van der Waals surface area contributed by atoms with Crippen molar-refractivity contribution in [1.82, 2.24) is 4.90 Å². The van der Waals surface area contributed by atoms with Crippen LogP contribution in [0.15, 0.2) is 11.4 Å². The number of fused-ring (bicyclic) bond motifs is 1. The minimum Gasteiger partial charge on any atom is -0.480 e. The first-order valence-electron chi connectivity index (χ1n) is 6.07. The Morgan fingerprint density at radius 1 is 1.53 bits per heavy atom. The topological polar surface area (TPSA) is 40.5 Å². The Bertz CT molecular complexity index is 413. The maximum Gasteiger partial charge on any atom is 0.325 e. The molecule has 0 aromatic carbocycles. The van der Waals surface area contributed by atoms with Gasteiger partial charge in [0, 0.05) is 17.5 Å². The van der Waals surface area contributed by atoms with Crippen molar-refractivity contribution in [2.24, 2.45) is 5.92 Å². The molecule has 0 saturated carbocycles. The van der Waals surface area contributed by atoms with E-state index in [0.717, 1.165) is 18.5 Å². The second kappa shape index (κ2) is 4.78. The number of hydrogen-bond acceptors (Lipinski definition) is 3. The standard InChI is InChI=1S/C13H19NO2S/c1-8(2)9(3)14-6-4-11-10(5-7-17-11)12(14)13(15)16/h5,7-9,12H,4,6H2,1-3H3,(H,15,16). The molecule has 0 saturated heterocycles. The van der Waals surface area contributed by atoms with Crippen LogP contribution in [0, 0.1) is 5.92 Å². The lowest BCUT2D eigenvalue weighted by molar-refractivity contribution is -0.145. The first-order valence-corrected chi connectivity index (χ1v) is 6.95. The lowest BCUT2D eigenvalue weighted by Gasteiger charge is -2.39. The zero-order valence-electron chi connectivity index (χ0n) is 10.5. The molecule has 2 rings (SSSR count). The van der Waals surface area contributed by atoms with Gasteiger partial charge in [0.05, 0.1) is 0 Å². The molecule has 3 nitrogen and oxygen atoms in total. The summed E-state index contributed by atoms with van der Waals surface area (Å²) in [6.07, 6.45) is 0.980. The monoisotopic (exact) mass is 253 g/mol. The minimum absolute atomic E-state index is 0.296.